The molecule has 1 unspecified atom stereocenters. The zero-order valence-corrected chi connectivity index (χ0v) is 47.6. The van der Waals surface area contributed by atoms with E-state index in [0.29, 0.717) is 55.8 Å². The number of hydrogen-bond donors (Lipinski definition) is 3. The molecule has 0 saturated heterocycles. The van der Waals surface area contributed by atoms with E-state index in [9.17, 15) is 53.0 Å². The summed E-state index contributed by atoms with van der Waals surface area (Å²) in [5, 5.41) is 45.4. The van der Waals surface area contributed by atoms with E-state index in [2.05, 4.69) is 35.3 Å². The molecule has 1 amide bonds. The van der Waals surface area contributed by atoms with Crippen molar-refractivity contribution < 1.29 is 66.1 Å². The van der Waals surface area contributed by atoms with Crippen molar-refractivity contribution in [3.8, 4) is 0 Å². The molecule has 0 spiro atoms. The number of anilines is 1. The van der Waals surface area contributed by atoms with Crippen molar-refractivity contribution in [2.24, 2.45) is 0 Å². The number of carbonyl (C=O) groups is 2. The summed E-state index contributed by atoms with van der Waals surface area (Å²) in [6.07, 6.45) is 10.2. The lowest BCUT2D eigenvalue weighted by Gasteiger charge is -2.30. The number of carboxylic acids is 1. The molecular weight excluding hydrogens is 1120 g/mol. The average molecular weight is 1190 g/mol. The number of unbranched alkanes of at least 4 members (excludes halogenated alkanes) is 1. The molecule has 24 heteroatoms. The van der Waals surface area contributed by atoms with E-state index in [1.807, 2.05) is 55.7 Å². The molecule has 4 aromatic carbocycles. The van der Waals surface area contributed by atoms with Gasteiger partial charge in [0, 0.05) is 65.7 Å². The van der Waals surface area contributed by atoms with Crippen molar-refractivity contribution in [3.63, 3.8) is 0 Å². The fourth-order valence-electron chi connectivity index (χ4n) is 9.76. The smallest absolute Gasteiger partial charge is 0.303 e. The number of rotatable bonds is 31. The van der Waals surface area contributed by atoms with Gasteiger partial charge >= 0.3 is 5.97 Å². The van der Waals surface area contributed by atoms with Crippen LogP contribution < -0.4 is 10.2 Å². The second-order valence-corrected chi connectivity index (χ2v) is 22.7. The molecule has 0 aromatic heterocycles. The van der Waals surface area contributed by atoms with Gasteiger partial charge in [-0.1, -0.05) is 77.1 Å². The first-order chi connectivity index (χ1) is 37.9. The van der Waals surface area contributed by atoms with E-state index in [1.54, 1.807) is 12.1 Å². The van der Waals surface area contributed by atoms with Gasteiger partial charge in [-0.05, 0) is 106 Å². The number of aliphatic hydroxyl groups is 1. The van der Waals surface area contributed by atoms with Gasteiger partial charge in [-0.3, -0.25) is 29.8 Å². The molecule has 0 radical (unpaired) electrons. The zero-order valence-electron chi connectivity index (χ0n) is 44.6. The molecular formula is C56H64Cl3N5O15S. The molecule has 0 aliphatic carbocycles. The second-order valence-electron chi connectivity index (χ2n) is 19.8. The number of nitrogens with zero attached hydrogens (tertiary/aromatic N) is 4. The van der Waals surface area contributed by atoms with Gasteiger partial charge in [-0.25, -0.2) is 8.42 Å². The van der Waals surface area contributed by atoms with Crippen molar-refractivity contribution in [1.29, 1.82) is 0 Å². The van der Waals surface area contributed by atoms with Crippen LogP contribution >= 0.6 is 34.8 Å². The minimum Gasteiger partial charge on any atom is -0.744 e. The number of hydrogen-bond acceptors (Lipinski definition) is 15. The first-order valence-electron chi connectivity index (χ1n) is 25.6. The summed E-state index contributed by atoms with van der Waals surface area (Å²) in [4.78, 5) is 45.5. The Morgan fingerprint density at radius 3 is 2.20 bits per heavy atom. The standard InChI is InChI=1S/C56H64Cl3N5O15S/c1-37-13-20-47-43(32-37)56(4,23-9-8-12-51(65)66)50(62(47)25-27-77-28-30-78-35-38-14-21-48(64(71)72)44(57)33-38)11-7-5-6-10-49-55(2,3)42-34-41(80(73,74)75)19-22-46(42)61(49)24-26-76-29-31-79-36-45(60-54(68)53(58)59)52(67)39-15-17-40(18-16-39)63(69)70/h5-7,10-11,13-22,32-34,45,52-53,67H,8-9,12,23-31,35-36H2,1-4H3,(H2-,60,65,66,68,73,74,75)/t45-,52-,56?/m1/s1. The van der Waals surface area contributed by atoms with E-state index in [-0.39, 0.29) is 79.5 Å². The van der Waals surface area contributed by atoms with Crippen LogP contribution in [0.5, 0.6) is 0 Å². The number of carboxylic acid groups (broad SMARTS) is 1. The molecule has 0 bridgehead atoms. The fraction of sp³-hybridized carbons (Fsp3) is 0.411. The quantitative estimate of drug-likeness (QED) is 0.00805. The highest BCUT2D eigenvalue weighted by Gasteiger charge is 2.45. The van der Waals surface area contributed by atoms with Gasteiger partial charge in [0.25, 0.3) is 17.3 Å². The Bertz CT molecular complexity index is 3130. The van der Waals surface area contributed by atoms with Crippen molar-refractivity contribution in [2.75, 3.05) is 64.2 Å². The minimum atomic E-state index is -4.78. The van der Waals surface area contributed by atoms with Crippen LogP contribution in [0.2, 0.25) is 5.02 Å². The maximum absolute atomic E-state index is 12.4. The van der Waals surface area contributed by atoms with Crippen LogP contribution in [-0.4, -0.2) is 125 Å². The predicted molar refractivity (Wildman–Crippen MR) is 301 cm³/mol. The van der Waals surface area contributed by atoms with Crippen molar-refractivity contribution in [1.82, 2.24) is 5.32 Å². The Morgan fingerprint density at radius 2 is 1.54 bits per heavy atom. The van der Waals surface area contributed by atoms with Gasteiger partial charge < -0.3 is 43.9 Å². The summed E-state index contributed by atoms with van der Waals surface area (Å²) >= 11 is 17.6. The Kier molecular flexibility index (Phi) is 22.5. The van der Waals surface area contributed by atoms with Crippen molar-refractivity contribution >= 4 is 85.3 Å². The lowest BCUT2D eigenvalue weighted by molar-refractivity contribution is -0.442. The van der Waals surface area contributed by atoms with Gasteiger partial charge in [-0.15, -0.1) is 0 Å². The lowest BCUT2D eigenvalue weighted by atomic mass is 9.76. The number of nitrogens with one attached hydrogen (secondary N) is 1. The lowest BCUT2D eigenvalue weighted by Crippen LogP contribution is -2.44. The average Bonchev–Trinajstić information content (AvgIpc) is 3.76. The summed E-state index contributed by atoms with van der Waals surface area (Å²) < 4.78 is 62.2. The first kappa shape index (κ1) is 63.1. The number of aryl methyl sites for hydroxylation is 1. The highest BCUT2D eigenvalue weighted by Crippen LogP contribution is 2.51. The Hall–Kier alpha value is -6.11. The van der Waals surface area contributed by atoms with Gasteiger partial charge in [-0.2, -0.15) is 4.58 Å². The number of amides is 1. The van der Waals surface area contributed by atoms with Gasteiger partial charge in [0.2, 0.25) is 5.69 Å². The fourth-order valence-corrected chi connectivity index (χ4v) is 10.7. The molecule has 0 saturated carbocycles. The maximum atomic E-state index is 12.4. The van der Waals surface area contributed by atoms with Gasteiger partial charge in [0.05, 0.1) is 72.4 Å². The van der Waals surface area contributed by atoms with Crippen LogP contribution in [0.4, 0.5) is 22.7 Å². The minimum absolute atomic E-state index is 0.0286. The highest BCUT2D eigenvalue weighted by atomic mass is 35.5. The number of carbonyl (C=O) groups excluding carboxylic acids is 1. The van der Waals surface area contributed by atoms with Crippen LogP contribution in [0, 0.1) is 27.2 Å². The van der Waals surface area contributed by atoms with Crippen LogP contribution in [0.15, 0.2) is 120 Å². The van der Waals surface area contributed by atoms with Gasteiger partial charge in [0.15, 0.2) is 17.1 Å². The topological polar surface area (TPSA) is 273 Å². The largest absolute Gasteiger partial charge is 0.744 e. The van der Waals surface area contributed by atoms with E-state index < -0.39 is 59.7 Å². The summed E-state index contributed by atoms with van der Waals surface area (Å²) in [7, 11) is -4.78. The number of aliphatic hydroxyl groups excluding tert-OH is 1. The number of halogens is 3. The number of ether oxygens (including phenoxy) is 4. The molecule has 20 nitrogen and oxygen atoms in total. The Morgan fingerprint density at radius 1 is 0.838 bits per heavy atom. The summed E-state index contributed by atoms with van der Waals surface area (Å²) in [5.41, 5.74) is 5.59. The SMILES string of the molecule is Cc1ccc2c(c1)C(C)(CCCCC(=O)O)\C(=C/C=C/C=C/C1=[N+](CCOCCOC[C@@H](NC(=O)C(Cl)Cl)[C@H](O)c3ccc([N+](=O)[O-])cc3)c3ccc(S(=O)(=O)[O-])cc3C1(C)C)N2CCOCCOCc1ccc([N+](=O)[O-])c(Cl)c1. The summed E-state index contributed by atoms with van der Waals surface area (Å²) in [6, 6.07) is 19.2. The number of alkyl halides is 2. The molecule has 80 heavy (non-hydrogen) atoms. The Balaban J connectivity index is 1.17. The number of nitro groups is 2. The molecule has 0 fully saturated rings. The molecule has 3 N–H and O–H groups in total. The Labute approximate surface area is 479 Å². The highest BCUT2D eigenvalue weighted by molar-refractivity contribution is 7.85. The third-order valence-electron chi connectivity index (χ3n) is 13.9. The zero-order chi connectivity index (χ0) is 58.4. The van der Waals surface area contributed by atoms with Crippen molar-refractivity contribution in [3.05, 3.63) is 168 Å². The van der Waals surface area contributed by atoms with Crippen LogP contribution in [-0.2, 0) is 56.1 Å². The van der Waals surface area contributed by atoms with Crippen LogP contribution in [0.1, 0.15) is 80.4 Å². The van der Waals surface area contributed by atoms with E-state index in [1.165, 1.54) is 48.5 Å². The predicted octanol–water partition coefficient (Wildman–Crippen LogP) is 9.45. The van der Waals surface area contributed by atoms with Gasteiger partial charge in [0.1, 0.15) is 27.9 Å². The number of allylic oxidation sites excluding steroid dienone is 6. The third-order valence-corrected chi connectivity index (χ3v) is 15.4. The van der Waals surface area contributed by atoms with Crippen molar-refractivity contribution in [2.45, 2.75) is 92.7 Å². The number of aliphatic carboxylic acids is 1. The molecule has 2 heterocycles. The van der Waals surface area contributed by atoms with Crippen LogP contribution in [0.25, 0.3) is 0 Å². The van der Waals surface area contributed by atoms with E-state index in [0.717, 1.165) is 28.2 Å². The van der Waals surface area contributed by atoms with E-state index in [4.69, 9.17) is 53.8 Å². The molecule has 3 atom stereocenters. The van der Waals surface area contributed by atoms with E-state index >= 15 is 0 Å². The first-order valence-corrected chi connectivity index (χ1v) is 28.3. The summed E-state index contributed by atoms with van der Waals surface area (Å²) in [6.45, 7) is 10.0. The number of fused-ring (bicyclic) bond motifs is 2. The normalized spacial score (nSPS) is 17.2. The molecule has 6 rings (SSSR count). The summed E-state index contributed by atoms with van der Waals surface area (Å²) in [5.74, 6) is -1.63. The number of benzene rings is 4. The molecule has 430 valence electrons. The third kappa shape index (κ3) is 16.3. The molecule has 2 aliphatic rings. The number of non-ortho nitro benzene ring substituents is 1. The molecule has 4 aromatic rings. The van der Waals surface area contributed by atoms with Crippen LogP contribution in [0.3, 0.4) is 0 Å². The molecule has 2 aliphatic heterocycles. The maximum Gasteiger partial charge on any atom is 0.303 e. The second kappa shape index (κ2) is 28.5. The monoisotopic (exact) mass is 1180 g/mol. The number of nitro benzene ring substituents is 2.